The van der Waals surface area contributed by atoms with Gasteiger partial charge in [0.1, 0.15) is 48.4 Å². The molecule has 0 aliphatic carbocycles. The third kappa shape index (κ3) is 13.7. The first-order chi connectivity index (χ1) is 27.1. The predicted octanol–water partition coefficient (Wildman–Crippen LogP) is 10.7. The van der Waals surface area contributed by atoms with E-state index in [2.05, 4.69) is 81.9 Å². The van der Waals surface area contributed by atoms with E-state index in [4.69, 9.17) is 24.7 Å². The van der Waals surface area contributed by atoms with Gasteiger partial charge in [-0.1, -0.05) is 149 Å². The van der Waals surface area contributed by atoms with Crippen molar-refractivity contribution in [2.75, 3.05) is 11.9 Å². The minimum absolute atomic E-state index is 0. The second-order valence-corrected chi connectivity index (χ2v) is 14.3. The first kappa shape index (κ1) is 42.4. The zero-order valence-electron chi connectivity index (χ0n) is 31.7. The number of halogens is 2. The molecule has 0 saturated carbocycles. The largest absolute Gasteiger partial charge is 0.489 e. The second kappa shape index (κ2) is 23.3. The quantitative estimate of drug-likeness (QED) is 0.120. The zero-order valence-corrected chi connectivity index (χ0v) is 34.1. The summed E-state index contributed by atoms with van der Waals surface area (Å²) in [6, 6.07) is 53.2. The van der Waals surface area contributed by atoms with Crippen molar-refractivity contribution in [1.29, 1.82) is 0 Å². The van der Waals surface area contributed by atoms with E-state index in [9.17, 15) is 0 Å². The molecule has 0 radical (unpaired) electrons. The molecule has 2 aliphatic rings. The van der Waals surface area contributed by atoms with E-state index in [1.165, 1.54) is 33.4 Å². The Labute approximate surface area is 346 Å². The molecule has 0 fully saturated rings. The highest BCUT2D eigenvalue weighted by Gasteiger charge is 2.21. The zero-order chi connectivity index (χ0) is 37.9. The molecule has 6 nitrogen and oxygen atoms in total. The van der Waals surface area contributed by atoms with Gasteiger partial charge in [-0.15, -0.1) is 12.4 Å². The van der Waals surface area contributed by atoms with E-state index < -0.39 is 0 Å². The minimum Gasteiger partial charge on any atom is -0.489 e. The van der Waals surface area contributed by atoms with Crippen LogP contribution in [-0.4, -0.2) is 24.1 Å². The van der Waals surface area contributed by atoms with Crippen LogP contribution < -0.4 is 30.0 Å². The molecule has 0 bridgehead atoms. The number of nitrogens with one attached hydrogen (secondary N) is 1. The lowest BCUT2D eigenvalue weighted by Gasteiger charge is -2.27. The van der Waals surface area contributed by atoms with E-state index in [0.717, 1.165) is 67.1 Å². The minimum atomic E-state index is 0. The highest BCUT2D eigenvalue weighted by atomic mass is 79.9. The summed E-state index contributed by atoms with van der Waals surface area (Å²) in [6.07, 6.45) is 4.70. The van der Waals surface area contributed by atoms with Crippen molar-refractivity contribution in [3.8, 4) is 23.0 Å². The van der Waals surface area contributed by atoms with E-state index in [-0.39, 0.29) is 24.6 Å². The number of nitrogens with two attached hydrogens (primary N) is 1. The van der Waals surface area contributed by atoms with Gasteiger partial charge in [-0.2, -0.15) is 0 Å². The molecule has 2 unspecified atom stereocenters. The molecule has 2 aliphatic heterocycles. The maximum atomic E-state index is 6.22. The molecule has 8 rings (SSSR count). The fourth-order valence-electron chi connectivity index (χ4n) is 6.31. The molecule has 6 aromatic carbocycles. The molecule has 2 atom stereocenters. The van der Waals surface area contributed by atoms with Gasteiger partial charge < -0.3 is 30.0 Å². The van der Waals surface area contributed by atoms with Gasteiger partial charge >= 0.3 is 0 Å². The van der Waals surface area contributed by atoms with Crippen molar-refractivity contribution in [2.45, 2.75) is 64.2 Å². The Balaban J connectivity index is 0.000000181. The lowest BCUT2D eigenvalue weighted by molar-refractivity contribution is 0.169. The van der Waals surface area contributed by atoms with Gasteiger partial charge in [0, 0.05) is 37.1 Å². The van der Waals surface area contributed by atoms with Gasteiger partial charge in [0.05, 0.1) is 0 Å². The van der Waals surface area contributed by atoms with Gasteiger partial charge in [0.25, 0.3) is 0 Å². The van der Waals surface area contributed by atoms with Gasteiger partial charge in [-0.25, -0.2) is 0 Å². The molecule has 0 amide bonds. The normalized spacial score (nSPS) is 15.0. The fourth-order valence-corrected chi connectivity index (χ4v) is 6.77. The maximum absolute atomic E-state index is 6.22. The van der Waals surface area contributed by atoms with Crippen LogP contribution in [0.2, 0.25) is 0 Å². The molecule has 6 aromatic rings. The molecule has 2 heterocycles. The van der Waals surface area contributed by atoms with Crippen LogP contribution in [0, 0.1) is 0 Å². The molecular weight excluding hydrogens is 784 g/mol. The van der Waals surface area contributed by atoms with E-state index in [1.54, 1.807) is 0 Å². The van der Waals surface area contributed by atoms with Crippen molar-refractivity contribution in [1.82, 2.24) is 5.32 Å². The number of aryl methyl sites for hydroxylation is 2. The Morgan fingerprint density at radius 2 is 0.982 bits per heavy atom. The first-order valence-corrected chi connectivity index (χ1v) is 20.2. The van der Waals surface area contributed by atoms with E-state index >= 15 is 0 Å². The Hall–Kier alpha value is -4.79. The Bertz CT molecular complexity index is 1990. The summed E-state index contributed by atoms with van der Waals surface area (Å²) in [5, 5.41) is 4.38. The highest BCUT2D eigenvalue weighted by molar-refractivity contribution is 9.09. The monoisotopic (exact) mass is 834 g/mol. The third-order valence-electron chi connectivity index (χ3n) is 9.43. The lowest BCUT2D eigenvalue weighted by Crippen LogP contribution is -2.33. The van der Waals surface area contributed by atoms with Crippen LogP contribution in [-0.2, 0) is 39.1 Å². The molecule has 0 saturated heterocycles. The summed E-state index contributed by atoms with van der Waals surface area (Å²) in [6.45, 7) is 3.52. The van der Waals surface area contributed by atoms with Crippen molar-refractivity contribution >= 4 is 28.3 Å². The standard InChI is InChI=1S/C24H25NO2.C17H17BrO2.C7H9N.ClH/c1-3-7-19(8-4-1)16-25-17-23-14-12-21-11-13-22(15-24(21)27-23)26-18-20-9-5-2-6-10-20;18-11-16-9-7-14-6-8-15(10-17(14)20-16)19-12-13-4-2-1-3-5-13;8-6-7-4-2-1-3-5-7;/h1-11,13,15,23,25H,12,14,16-18H2;1-6,8,10,16H,7,9,11-12H2;1-5H,6,8H2;1H. The predicted molar refractivity (Wildman–Crippen MR) is 233 cm³/mol. The van der Waals surface area contributed by atoms with Crippen molar-refractivity contribution in [3.63, 3.8) is 0 Å². The molecule has 8 heteroatoms. The number of ether oxygens (including phenoxy) is 4. The van der Waals surface area contributed by atoms with Crippen LogP contribution in [0.4, 0.5) is 0 Å². The fraction of sp³-hybridized carbons (Fsp3) is 0.250. The molecule has 0 spiro atoms. The van der Waals surface area contributed by atoms with Crippen LogP contribution in [0.5, 0.6) is 23.0 Å². The van der Waals surface area contributed by atoms with Gasteiger partial charge in [0.15, 0.2) is 0 Å². The summed E-state index contributed by atoms with van der Waals surface area (Å²) < 4.78 is 23.9. The molecule has 56 heavy (non-hydrogen) atoms. The molecule has 3 N–H and O–H groups in total. The Morgan fingerprint density at radius 3 is 1.43 bits per heavy atom. The number of hydrogen-bond donors (Lipinski definition) is 2. The second-order valence-electron chi connectivity index (χ2n) is 13.6. The highest BCUT2D eigenvalue weighted by Crippen LogP contribution is 2.33. The molecule has 292 valence electrons. The number of hydrogen-bond acceptors (Lipinski definition) is 6. The summed E-state index contributed by atoms with van der Waals surface area (Å²) in [4.78, 5) is 0. The van der Waals surface area contributed by atoms with Gasteiger partial charge in [-0.3, -0.25) is 0 Å². The first-order valence-electron chi connectivity index (χ1n) is 19.1. The lowest BCUT2D eigenvalue weighted by atomic mass is 10.0. The Kier molecular flexibility index (Phi) is 17.6. The van der Waals surface area contributed by atoms with Crippen molar-refractivity contribution < 1.29 is 18.9 Å². The van der Waals surface area contributed by atoms with Crippen LogP contribution in [0.1, 0.15) is 46.2 Å². The average molecular weight is 836 g/mol. The van der Waals surface area contributed by atoms with Crippen molar-refractivity contribution in [3.05, 3.63) is 191 Å². The number of benzene rings is 6. The summed E-state index contributed by atoms with van der Waals surface area (Å²) >= 11 is 3.49. The molecule has 0 aromatic heterocycles. The summed E-state index contributed by atoms with van der Waals surface area (Å²) in [5.74, 6) is 3.64. The van der Waals surface area contributed by atoms with Crippen molar-refractivity contribution in [2.24, 2.45) is 5.73 Å². The average Bonchev–Trinajstić information content (AvgIpc) is 3.26. The number of alkyl halides is 1. The van der Waals surface area contributed by atoms with E-state index in [0.29, 0.717) is 19.8 Å². The van der Waals surface area contributed by atoms with E-state index in [1.807, 2.05) is 97.1 Å². The summed E-state index contributed by atoms with van der Waals surface area (Å²) in [7, 11) is 0. The third-order valence-corrected chi connectivity index (χ3v) is 10.1. The maximum Gasteiger partial charge on any atom is 0.126 e. The number of fused-ring (bicyclic) bond motifs is 2. The Morgan fingerprint density at radius 1 is 0.554 bits per heavy atom. The topological polar surface area (TPSA) is 75.0 Å². The summed E-state index contributed by atoms with van der Waals surface area (Å²) in [5.41, 5.74) is 12.7. The van der Waals surface area contributed by atoms with Crippen LogP contribution in [0.3, 0.4) is 0 Å². The van der Waals surface area contributed by atoms with Gasteiger partial charge in [-0.05, 0) is 71.2 Å². The van der Waals surface area contributed by atoms with Crippen LogP contribution in [0.15, 0.2) is 158 Å². The smallest absolute Gasteiger partial charge is 0.126 e. The molecular formula is C48H52BrClN2O4. The SMILES string of the molecule is BrCC1CCc2ccc(OCc3ccccc3)cc2O1.Cl.NCc1ccccc1.c1ccc(CNCC2CCc3ccc(OCc4ccccc4)cc3O2)cc1. The van der Waals surface area contributed by atoms with Crippen LogP contribution >= 0.6 is 28.3 Å². The van der Waals surface area contributed by atoms with Gasteiger partial charge in [0.2, 0.25) is 0 Å². The number of rotatable bonds is 12. The van der Waals surface area contributed by atoms with Crippen LogP contribution in [0.25, 0.3) is 0 Å².